The number of carbonyl (C=O) groups is 3. The van der Waals surface area contributed by atoms with E-state index in [1.165, 1.54) is 57.8 Å². The topological polar surface area (TPSA) is 99.1 Å². The fourth-order valence-electron chi connectivity index (χ4n) is 6.21. The molecule has 0 rings (SSSR count). The molecule has 0 aromatic rings. The van der Waals surface area contributed by atoms with Crippen LogP contribution in [0, 0.1) is 0 Å². The largest absolute Gasteiger partial charge is 0.477 e. The first-order valence-corrected chi connectivity index (χ1v) is 22.2. The predicted molar refractivity (Wildman–Crippen MR) is 229 cm³/mol. The number of ether oxygens (including phenoxy) is 3. The minimum absolute atomic E-state index is 0.0501. The van der Waals surface area contributed by atoms with Crippen LogP contribution in [0.2, 0.25) is 0 Å². The highest BCUT2D eigenvalue weighted by molar-refractivity contribution is 5.72. The van der Waals surface area contributed by atoms with Gasteiger partial charge in [-0.3, -0.25) is 9.59 Å². The lowest BCUT2D eigenvalue weighted by Gasteiger charge is -2.31. The lowest BCUT2D eigenvalue weighted by molar-refractivity contribution is -0.887. The van der Waals surface area contributed by atoms with Gasteiger partial charge in [-0.1, -0.05) is 133 Å². The first-order chi connectivity index (χ1) is 26.6. The Morgan fingerprint density at radius 1 is 0.545 bits per heavy atom. The Kier molecular flexibility index (Phi) is 36.3. The minimum atomic E-state index is -0.881. The molecule has 0 aliphatic rings. The van der Waals surface area contributed by atoms with E-state index in [1.807, 2.05) is 21.1 Å². The molecule has 0 bridgehead atoms. The molecule has 0 saturated heterocycles. The number of likely N-dealkylation sites (N-methyl/N-ethyl adjacent to an activating group) is 1. The van der Waals surface area contributed by atoms with Crippen molar-refractivity contribution >= 4 is 17.9 Å². The molecule has 1 N–H and O–H groups in total. The third kappa shape index (κ3) is 36.7. The molecule has 0 spiro atoms. The SMILES string of the molecule is CCCCC/C=C\C/C=C\CCCCCCCC(=O)OCC(COCCC(C(=O)O)[N+](C)(C)C)OC(=O)CCCCCCC/C=C\C/C=C\CCCCCC. The van der Waals surface area contributed by atoms with Crippen LogP contribution in [0.4, 0.5) is 0 Å². The van der Waals surface area contributed by atoms with E-state index >= 15 is 0 Å². The van der Waals surface area contributed by atoms with Crippen molar-refractivity contribution in [3.05, 3.63) is 48.6 Å². The summed E-state index contributed by atoms with van der Waals surface area (Å²) in [4.78, 5) is 37.0. The van der Waals surface area contributed by atoms with Gasteiger partial charge in [0.25, 0.3) is 0 Å². The monoisotopic (exact) mass is 775 g/mol. The van der Waals surface area contributed by atoms with Crippen LogP contribution < -0.4 is 0 Å². The summed E-state index contributed by atoms with van der Waals surface area (Å²) >= 11 is 0. The summed E-state index contributed by atoms with van der Waals surface area (Å²) in [6, 6.07) is -0.620. The Balaban J connectivity index is 4.40. The molecule has 0 saturated carbocycles. The van der Waals surface area contributed by atoms with Gasteiger partial charge < -0.3 is 23.8 Å². The second-order valence-corrected chi connectivity index (χ2v) is 15.9. The van der Waals surface area contributed by atoms with Crippen LogP contribution >= 0.6 is 0 Å². The number of hydrogen-bond acceptors (Lipinski definition) is 6. The molecule has 55 heavy (non-hydrogen) atoms. The van der Waals surface area contributed by atoms with Crippen molar-refractivity contribution in [2.45, 2.75) is 193 Å². The number of nitrogens with zero attached hydrogens (tertiary/aromatic N) is 1. The molecular weight excluding hydrogens is 691 g/mol. The second-order valence-electron chi connectivity index (χ2n) is 15.9. The standard InChI is InChI=1S/C47H83NO7/c1-6-8-10-12-14-16-18-20-22-24-26-28-30-32-34-36-38-46(50)55-43(41-53-40-39-44(47(51)52)48(3,4)5)42-54-45(49)37-35-33-31-29-27-25-23-21-19-17-15-13-11-9-7-2/h15-18,21-24,43-44H,6-14,19-20,25-42H2,1-5H3/p+1/b17-15-,18-16-,23-21-,24-22-. The zero-order valence-corrected chi connectivity index (χ0v) is 36.1. The molecule has 2 atom stereocenters. The molecule has 0 aromatic heterocycles. The third-order valence-corrected chi connectivity index (χ3v) is 9.70. The molecular formula is C47H84NO7+. The minimum Gasteiger partial charge on any atom is -0.477 e. The van der Waals surface area contributed by atoms with E-state index in [0.29, 0.717) is 19.3 Å². The number of carboxylic acids is 1. The number of carboxylic acid groups (broad SMARTS) is 1. The smallest absolute Gasteiger partial charge is 0.362 e. The normalized spacial score (nSPS) is 13.4. The molecule has 0 fully saturated rings. The molecule has 0 aliphatic carbocycles. The molecule has 0 aliphatic heterocycles. The number of rotatable bonds is 39. The van der Waals surface area contributed by atoms with Crippen LogP contribution in [0.5, 0.6) is 0 Å². The molecule has 2 unspecified atom stereocenters. The highest BCUT2D eigenvalue weighted by Crippen LogP contribution is 2.13. The summed E-state index contributed by atoms with van der Waals surface area (Å²) in [5.41, 5.74) is 0. The lowest BCUT2D eigenvalue weighted by Crippen LogP contribution is -2.50. The zero-order valence-electron chi connectivity index (χ0n) is 36.1. The number of unbranched alkanes of at least 4 members (excludes halogenated alkanes) is 17. The van der Waals surface area contributed by atoms with Gasteiger partial charge in [0.1, 0.15) is 6.61 Å². The molecule has 0 aromatic carbocycles. The number of aliphatic carboxylic acids is 1. The average molecular weight is 775 g/mol. The van der Waals surface area contributed by atoms with E-state index in [4.69, 9.17) is 14.2 Å². The lowest BCUT2D eigenvalue weighted by atomic mass is 10.1. The Hall–Kier alpha value is -2.71. The van der Waals surface area contributed by atoms with Crippen molar-refractivity contribution in [3.63, 3.8) is 0 Å². The van der Waals surface area contributed by atoms with E-state index in [1.54, 1.807) is 0 Å². The second kappa shape index (κ2) is 38.2. The van der Waals surface area contributed by atoms with Gasteiger partial charge in [-0.05, 0) is 77.0 Å². The van der Waals surface area contributed by atoms with Crippen molar-refractivity contribution in [2.24, 2.45) is 0 Å². The van der Waals surface area contributed by atoms with Gasteiger partial charge in [0.2, 0.25) is 0 Å². The average Bonchev–Trinajstić information content (AvgIpc) is 3.14. The highest BCUT2D eigenvalue weighted by atomic mass is 16.6. The zero-order chi connectivity index (χ0) is 40.7. The Morgan fingerprint density at radius 3 is 1.44 bits per heavy atom. The maximum atomic E-state index is 12.7. The van der Waals surface area contributed by atoms with E-state index in [0.717, 1.165) is 89.9 Å². The van der Waals surface area contributed by atoms with Gasteiger partial charge in [0, 0.05) is 19.3 Å². The van der Waals surface area contributed by atoms with Crippen LogP contribution in [-0.4, -0.2) is 80.6 Å². The fraction of sp³-hybridized carbons (Fsp3) is 0.766. The van der Waals surface area contributed by atoms with Crippen LogP contribution in [0.1, 0.15) is 181 Å². The van der Waals surface area contributed by atoms with Gasteiger partial charge in [-0.15, -0.1) is 0 Å². The van der Waals surface area contributed by atoms with E-state index < -0.39 is 18.1 Å². The predicted octanol–water partition coefficient (Wildman–Crippen LogP) is 12.0. The number of esters is 2. The summed E-state index contributed by atoms with van der Waals surface area (Å²) in [6.07, 6.45) is 44.3. The molecule has 0 amide bonds. The van der Waals surface area contributed by atoms with Gasteiger partial charge in [-0.25, -0.2) is 4.79 Å². The summed E-state index contributed by atoms with van der Waals surface area (Å²) in [7, 11) is 5.51. The Morgan fingerprint density at radius 2 is 0.964 bits per heavy atom. The van der Waals surface area contributed by atoms with Crippen molar-refractivity contribution in [2.75, 3.05) is 41.0 Å². The quantitative estimate of drug-likeness (QED) is 0.0287. The van der Waals surface area contributed by atoms with E-state index in [-0.39, 0.29) is 36.2 Å². The number of carbonyl (C=O) groups excluding carboxylic acids is 2. The molecule has 0 heterocycles. The van der Waals surface area contributed by atoms with Crippen LogP contribution in [-0.2, 0) is 28.6 Å². The maximum Gasteiger partial charge on any atom is 0.362 e. The maximum absolute atomic E-state index is 12.7. The first-order valence-electron chi connectivity index (χ1n) is 22.2. The number of hydrogen-bond donors (Lipinski definition) is 1. The third-order valence-electron chi connectivity index (χ3n) is 9.70. The van der Waals surface area contributed by atoms with Crippen molar-refractivity contribution < 1.29 is 38.2 Å². The summed E-state index contributed by atoms with van der Waals surface area (Å²) in [5, 5.41) is 9.62. The van der Waals surface area contributed by atoms with Crippen molar-refractivity contribution in [1.82, 2.24) is 0 Å². The van der Waals surface area contributed by atoms with E-state index in [2.05, 4.69) is 62.5 Å². The molecule has 318 valence electrons. The Labute approximate surface area is 337 Å². The van der Waals surface area contributed by atoms with Crippen LogP contribution in [0.15, 0.2) is 48.6 Å². The van der Waals surface area contributed by atoms with Crippen LogP contribution in [0.25, 0.3) is 0 Å². The van der Waals surface area contributed by atoms with Crippen molar-refractivity contribution in [3.8, 4) is 0 Å². The number of quaternary nitrogens is 1. The first kappa shape index (κ1) is 52.3. The summed E-state index contributed by atoms with van der Waals surface area (Å²) < 4.78 is 17.3. The van der Waals surface area contributed by atoms with Gasteiger partial charge in [-0.2, -0.15) is 0 Å². The summed E-state index contributed by atoms with van der Waals surface area (Å²) in [5.74, 6) is -1.50. The van der Waals surface area contributed by atoms with Crippen molar-refractivity contribution in [1.29, 1.82) is 0 Å². The Bertz CT molecular complexity index is 1040. The molecule has 8 nitrogen and oxygen atoms in total. The molecule has 8 heteroatoms. The van der Waals surface area contributed by atoms with Gasteiger partial charge in [0.15, 0.2) is 12.1 Å². The summed E-state index contributed by atoms with van der Waals surface area (Å²) in [6.45, 7) is 4.66. The number of allylic oxidation sites excluding steroid dienone is 8. The van der Waals surface area contributed by atoms with Gasteiger partial charge in [0.05, 0.1) is 34.4 Å². The van der Waals surface area contributed by atoms with E-state index in [9.17, 15) is 19.5 Å². The highest BCUT2D eigenvalue weighted by Gasteiger charge is 2.31. The fourth-order valence-corrected chi connectivity index (χ4v) is 6.21. The molecule has 0 radical (unpaired) electrons. The van der Waals surface area contributed by atoms with Gasteiger partial charge >= 0.3 is 17.9 Å². The van der Waals surface area contributed by atoms with Crippen LogP contribution in [0.3, 0.4) is 0 Å².